The molecule has 27 heavy (non-hydrogen) atoms. The van der Waals surface area contributed by atoms with Gasteiger partial charge in [0.2, 0.25) is 0 Å². The molecule has 2 heterocycles. The van der Waals surface area contributed by atoms with Crippen LogP contribution in [-0.4, -0.2) is 87.8 Å². The number of imide groups is 2. The van der Waals surface area contributed by atoms with E-state index < -0.39 is 41.6 Å². The van der Waals surface area contributed by atoms with Crippen LogP contribution >= 0.6 is 0 Å². The van der Waals surface area contributed by atoms with Crippen LogP contribution in [-0.2, 0) is 19.2 Å². The first-order valence-electron chi connectivity index (χ1n) is 8.60. The van der Waals surface area contributed by atoms with Crippen LogP contribution in [0.5, 0.6) is 0 Å². The number of aliphatic imine (C=N–C) groups is 2. The first-order chi connectivity index (χ1) is 12.7. The second-order valence-electron chi connectivity index (χ2n) is 6.84. The van der Waals surface area contributed by atoms with E-state index in [-0.39, 0.29) is 22.5 Å². The monoisotopic (exact) mass is 381 g/mol. The van der Waals surface area contributed by atoms with Gasteiger partial charge in [-0.15, -0.1) is 0 Å². The van der Waals surface area contributed by atoms with Gasteiger partial charge in [-0.2, -0.15) is 10.1 Å². The van der Waals surface area contributed by atoms with Gasteiger partial charge in [-0.05, 0) is 33.0 Å². The highest BCUT2D eigenvalue weighted by atomic mass is 16.5. The number of amides is 4. The number of rotatable bonds is 7. The SMILES string of the molecule is CCC(CCN(C)C)C1C(=O)N(O)C(=O)C1N=C=NC1CC(=O)N(O)C1=O. The van der Waals surface area contributed by atoms with Crippen molar-refractivity contribution in [2.75, 3.05) is 20.6 Å². The maximum Gasteiger partial charge on any atom is 0.279 e. The molecule has 2 N–H and O–H groups in total. The Morgan fingerprint density at radius 1 is 1.11 bits per heavy atom. The van der Waals surface area contributed by atoms with Crippen LogP contribution in [0.1, 0.15) is 26.2 Å². The van der Waals surface area contributed by atoms with Gasteiger partial charge in [-0.25, -0.2) is 9.98 Å². The number of hydroxylamine groups is 4. The van der Waals surface area contributed by atoms with Crippen molar-refractivity contribution in [3.8, 4) is 0 Å². The van der Waals surface area contributed by atoms with Crippen molar-refractivity contribution in [1.82, 2.24) is 15.0 Å². The third-order valence-electron chi connectivity index (χ3n) is 4.78. The summed E-state index contributed by atoms with van der Waals surface area (Å²) in [5, 5.41) is 18.9. The molecule has 0 aliphatic carbocycles. The van der Waals surface area contributed by atoms with Gasteiger partial charge < -0.3 is 4.90 Å². The Balaban J connectivity index is 2.22. The van der Waals surface area contributed by atoms with Gasteiger partial charge in [-0.3, -0.25) is 29.6 Å². The minimum atomic E-state index is -1.20. The van der Waals surface area contributed by atoms with Gasteiger partial charge in [0.1, 0.15) is 0 Å². The minimum Gasteiger partial charge on any atom is -0.309 e. The highest BCUT2D eigenvalue weighted by Gasteiger charge is 2.50. The molecule has 0 bridgehead atoms. The second kappa shape index (κ2) is 8.49. The van der Waals surface area contributed by atoms with Gasteiger partial charge in [0.15, 0.2) is 12.1 Å². The first-order valence-corrected chi connectivity index (χ1v) is 8.60. The molecule has 4 unspecified atom stereocenters. The molecule has 0 saturated carbocycles. The van der Waals surface area contributed by atoms with Crippen molar-refractivity contribution in [1.29, 1.82) is 0 Å². The maximum absolute atomic E-state index is 12.3. The van der Waals surface area contributed by atoms with Crippen molar-refractivity contribution in [3.63, 3.8) is 0 Å². The molecule has 11 nitrogen and oxygen atoms in total. The van der Waals surface area contributed by atoms with Crippen LogP contribution in [0.4, 0.5) is 0 Å². The number of carbonyl (C=O) groups excluding carboxylic acids is 4. The molecule has 2 saturated heterocycles. The highest BCUT2D eigenvalue weighted by Crippen LogP contribution is 2.32. The van der Waals surface area contributed by atoms with E-state index in [1.54, 1.807) is 0 Å². The molecule has 0 radical (unpaired) electrons. The van der Waals surface area contributed by atoms with E-state index in [0.717, 1.165) is 0 Å². The lowest BCUT2D eigenvalue weighted by atomic mass is 9.83. The minimum absolute atomic E-state index is 0.0211. The zero-order valence-electron chi connectivity index (χ0n) is 15.4. The summed E-state index contributed by atoms with van der Waals surface area (Å²) in [6, 6.07) is -0.163. The molecule has 0 aromatic carbocycles. The van der Waals surface area contributed by atoms with E-state index in [4.69, 9.17) is 0 Å². The van der Waals surface area contributed by atoms with Crippen molar-refractivity contribution in [2.45, 2.75) is 38.3 Å². The van der Waals surface area contributed by atoms with E-state index in [2.05, 4.69) is 16.0 Å². The zero-order valence-corrected chi connectivity index (χ0v) is 15.4. The third kappa shape index (κ3) is 4.28. The Labute approximate surface area is 155 Å². The van der Waals surface area contributed by atoms with Crippen molar-refractivity contribution >= 4 is 29.6 Å². The molecule has 4 amide bonds. The van der Waals surface area contributed by atoms with Gasteiger partial charge in [0.05, 0.1) is 18.3 Å². The Bertz CT molecular complexity index is 701. The quantitative estimate of drug-likeness (QED) is 0.340. The third-order valence-corrected chi connectivity index (χ3v) is 4.78. The predicted molar refractivity (Wildman–Crippen MR) is 89.8 cm³/mol. The Morgan fingerprint density at radius 2 is 1.78 bits per heavy atom. The lowest BCUT2D eigenvalue weighted by Gasteiger charge is -2.23. The Kier molecular flexibility index (Phi) is 6.55. The molecule has 11 heteroatoms. The second-order valence-corrected chi connectivity index (χ2v) is 6.84. The van der Waals surface area contributed by atoms with Crippen LogP contribution in [0.15, 0.2) is 9.98 Å². The van der Waals surface area contributed by atoms with E-state index in [1.807, 2.05) is 25.9 Å². The van der Waals surface area contributed by atoms with E-state index in [9.17, 15) is 29.6 Å². The average Bonchev–Trinajstić information content (AvgIpc) is 2.99. The number of hydrogen-bond acceptors (Lipinski definition) is 9. The van der Waals surface area contributed by atoms with Crippen LogP contribution in [0.3, 0.4) is 0 Å². The number of carbonyl (C=O) groups is 4. The van der Waals surface area contributed by atoms with Crippen LogP contribution in [0.2, 0.25) is 0 Å². The summed E-state index contributed by atoms with van der Waals surface area (Å²) in [5.41, 5.74) is 0. The summed E-state index contributed by atoms with van der Waals surface area (Å²) in [6.07, 6.45) is 0.897. The van der Waals surface area contributed by atoms with E-state index in [0.29, 0.717) is 19.4 Å². The van der Waals surface area contributed by atoms with Crippen molar-refractivity contribution in [3.05, 3.63) is 0 Å². The fourth-order valence-corrected chi connectivity index (χ4v) is 3.19. The first kappa shape index (κ1) is 20.8. The smallest absolute Gasteiger partial charge is 0.279 e. The molecule has 2 rings (SSSR count). The fourth-order valence-electron chi connectivity index (χ4n) is 3.19. The molecule has 0 aromatic rings. The number of hydrogen-bond donors (Lipinski definition) is 2. The Morgan fingerprint density at radius 3 is 2.30 bits per heavy atom. The van der Waals surface area contributed by atoms with E-state index >= 15 is 0 Å². The molecule has 2 aliphatic heterocycles. The average molecular weight is 381 g/mol. The van der Waals surface area contributed by atoms with Crippen molar-refractivity contribution in [2.24, 2.45) is 21.8 Å². The van der Waals surface area contributed by atoms with Gasteiger partial charge in [0, 0.05) is 0 Å². The highest BCUT2D eigenvalue weighted by molar-refractivity contribution is 6.06. The molecule has 2 fully saturated rings. The molecule has 0 spiro atoms. The normalized spacial score (nSPS) is 26.8. The maximum atomic E-state index is 12.3. The molecule has 148 valence electrons. The van der Waals surface area contributed by atoms with Crippen LogP contribution in [0, 0.1) is 11.8 Å². The predicted octanol–water partition coefficient (Wildman–Crippen LogP) is -0.602. The number of nitrogens with zero attached hydrogens (tertiary/aromatic N) is 5. The lowest BCUT2D eigenvalue weighted by molar-refractivity contribution is -0.173. The zero-order chi connectivity index (χ0) is 20.3. The standard InChI is InChI=1S/C16H23N5O6/c1-4-9(5-6-19(2)3)12-13(16(25)21(27)15(12)24)18-8-17-10-7-11(22)20(26)14(10)23/h9-10,12-13,26-27H,4-7H2,1-3H3. The lowest BCUT2D eigenvalue weighted by Crippen LogP contribution is -2.31. The van der Waals surface area contributed by atoms with Gasteiger partial charge in [0.25, 0.3) is 23.6 Å². The van der Waals surface area contributed by atoms with Crippen molar-refractivity contribution < 1.29 is 29.6 Å². The fraction of sp³-hybridized carbons (Fsp3) is 0.688. The summed E-state index contributed by atoms with van der Waals surface area (Å²) in [6.45, 7) is 2.57. The van der Waals surface area contributed by atoms with Gasteiger partial charge >= 0.3 is 0 Å². The summed E-state index contributed by atoms with van der Waals surface area (Å²) in [5.74, 6) is -4.36. The summed E-state index contributed by atoms with van der Waals surface area (Å²) in [4.78, 5) is 56.8. The summed E-state index contributed by atoms with van der Waals surface area (Å²) < 4.78 is 0. The molecular weight excluding hydrogens is 358 g/mol. The topological polar surface area (TPSA) is 143 Å². The summed E-state index contributed by atoms with van der Waals surface area (Å²) >= 11 is 0. The van der Waals surface area contributed by atoms with Crippen LogP contribution in [0.25, 0.3) is 0 Å². The van der Waals surface area contributed by atoms with Gasteiger partial charge in [-0.1, -0.05) is 13.3 Å². The largest absolute Gasteiger partial charge is 0.309 e. The molecule has 2 aliphatic rings. The molecular formula is C16H23N5O6. The molecule has 4 atom stereocenters. The Hall–Kier alpha value is -2.46. The summed E-state index contributed by atoms with van der Waals surface area (Å²) in [7, 11) is 3.78. The molecule has 0 aromatic heterocycles. The van der Waals surface area contributed by atoms with Crippen LogP contribution < -0.4 is 0 Å². The van der Waals surface area contributed by atoms with E-state index in [1.165, 1.54) is 0 Å².